The van der Waals surface area contributed by atoms with Crippen LogP contribution in [0.15, 0.2) is 60.8 Å². The molecule has 0 bridgehead atoms. The van der Waals surface area contributed by atoms with Gasteiger partial charge in [0, 0.05) is 22.8 Å². The minimum atomic E-state index is -3.41. The van der Waals surface area contributed by atoms with Crippen molar-refractivity contribution in [1.29, 1.82) is 0 Å². The highest BCUT2D eigenvalue weighted by Gasteiger charge is 2.17. The molecule has 2 aromatic heterocycles. The van der Waals surface area contributed by atoms with Crippen LogP contribution in [0.4, 0.5) is 17.3 Å². The van der Waals surface area contributed by atoms with E-state index in [1.54, 1.807) is 36.5 Å². The van der Waals surface area contributed by atoms with E-state index in [2.05, 4.69) is 25.0 Å². The average molecular weight is 449 g/mol. The first-order chi connectivity index (χ1) is 15.2. The highest BCUT2D eigenvalue weighted by Crippen LogP contribution is 2.29. The van der Waals surface area contributed by atoms with Gasteiger partial charge < -0.3 is 10.4 Å². The van der Waals surface area contributed by atoms with Crippen molar-refractivity contribution < 1.29 is 18.3 Å². The lowest BCUT2D eigenvalue weighted by Crippen LogP contribution is -2.09. The van der Waals surface area contributed by atoms with E-state index in [1.165, 1.54) is 0 Å². The van der Waals surface area contributed by atoms with E-state index in [4.69, 9.17) is 0 Å². The maximum Gasteiger partial charge on any atom is 0.355 e. The Kier molecular flexibility index (Phi) is 5.45. The number of aryl methyl sites for hydroxylation is 1. The van der Waals surface area contributed by atoms with Gasteiger partial charge in [0.15, 0.2) is 11.3 Å². The Labute approximate surface area is 184 Å². The number of aromatic nitrogens is 3. The molecule has 9 nitrogen and oxygen atoms in total. The van der Waals surface area contributed by atoms with Gasteiger partial charge in [-0.2, -0.15) is 4.98 Å². The van der Waals surface area contributed by atoms with Gasteiger partial charge in [-0.05, 0) is 42.3 Å². The smallest absolute Gasteiger partial charge is 0.355 e. The minimum absolute atomic E-state index is 0.101. The van der Waals surface area contributed by atoms with Gasteiger partial charge in [0.2, 0.25) is 16.0 Å². The number of benzene rings is 2. The second kappa shape index (κ2) is 8.23. The highest BCUT2D eigenvalue weighted by molar-refractivity contribution is 7.92. The zero-order valence-electron chi connectivity index (χ0n) is 17.2. The molecule has 0 unspecified atom stereocenters. The van der Waals surface area contributed by atoms with Crippen molar-refractivity contribution in [2.45, 2.75) is 6.92 Å². The van der Waals surface area contributed by atoms with Gasteiger partial charge in [0.05, 0.1) is 11.9 Å². The molecule has 10 heteroatoms. The molecule has 4 rings (SSSR count). The van der Waals surface area contributed by atoms with Crippen molar-refractivity contribution in [3.8, 4) is 11.1 Å². The lowest BCUT2D eigenvalue weighted by Gasteiger charge is -2.11. The molecule has 3 N–H and O–H groups in total. The van der Waals surface area contributed by atoms with Gasteiger partial charge in [-0.1, -0.05) is 30.3 Å². The Morgan fingerprint density at radius 1 is 0.969 bits per heavy atom. The summed E-state index contributed by atoms with van der Waals surface area (Å²) in [7, 11) is -3.41. The van der Waals surface area contributed by atoms with E-state index in [-0.39, 0.29) is 17.3 Å². The van der Waals surface area contributed by atoms with Crippen LogP contribution in [0.2, 0.25) is 0 Å². The van der Waals surface area contributed by atoms with Gasteiger partial charge in [-0.15, -0.1) is 0 Å². The lowest BCUT2D eigenvalue weighted by molar-refractivity contribution is 0.0691. The summed E-state index contributed by atoms with van der Waals surface area (Å²) in [6.45, 7) is 1.90. The van der Waals surface area contributed by atoms with E-state index in [0.717, 1.165) is 17.4 Å². The minimum Gasteiger partial charge on any atom is -0.476 e. The topological polar surface area (TPSA) is 134 Å². The van der Waals surface area contributed by atoms with Gasteiger partial charge in [0.1, 0.15) is 0 Å². The normalized spacial score (nSPS) is 11.3. The Morgan fingerprint density at radius 3 is 2.44 bits per heavy atom. The van der Waals surface area contributed by atoms with Crippen LogP contribution in [0.5, 0.6) is 0 Å². The molecule has 0 saturated carbocycles. The molecule has 0 aliphatic rings. The second-order valence-electron chi connectivity index (χ2n) is 7.19. The van der Waals surface area contributed by atoms with Crippen molar-refractivity contribution >= 4 is 44.3 Å². The SMILES string of the molecule is Cc1ccccc1-c1cc2cnc(Nc3cccc(NS(C)(=O)=O)c3)nc2nc1C(=O)O. The van der Waals surface area contributed by atoms with Crippen LogP contribution in [0, 0.1) is 6.92 Å². The molecule has 0 saturated heterocycles. The predicted molar refractivity (Wildman–Crippen MR) is 123 cm³/mol. The second-order valence-corrected chi connectivity index (χ2v) is 8.94. The number of hydrogen-bond acceptors (Lipinski definition) is 7. The third-order valence-corrected chi connectivity index (χ3v) is 5.23. The summed E-state index contributed by atoms with van der Waals surface area (Å²) < 4.78 is 25.3. The molecule has 0 aliphatic carbocycles. The molecular formula is C22H19N5O4S. The number of hydrogen-bond donors (Lipinski definition) is 3. The number of carbonyl (C=O) groups is 1. The van der Waals surface area contributed by atoms with E-state index < -0.39 is 16.0 Å². The fourth-order valence-electron chi connectivity index (χ4n) is 3.27. The molecule has 32 heavy (non-hydrogen) atoms. The van der Waals surface area contributed by atoms with Crippen molar-refractivity contribution in [2.24, 2.45) is 0 Å². The maximum absolute atomic E-state index is 11.9. The molecule has 0 radical (unpaired) electrons. The molecule has 0 atom stereocenters. The summed E-state index contributed by atoms with van der Waals surface area (Å²) in [5.74, 6) is -0.959. The Bertz CT molecular complexity index is 1450. The Hall–Kier alpha value is -4.05. The van der Waals surface area contributed by atoms with Crippen LogP contribution in [-0.4, -0.2) is 40.7 Å². The first-order valence-corrected chi connectivity index (χ1v) is 11.4. The summed E-state index contributed by atoms with van der Waals surface area (Å²) in [6, 6.07) is 15.8. The number of carboxylic acid groups (broad SMARTS) is 1. The van der Waals surface area contributed by atoms with Crippen molar-refractivity contribution in [3.05, 3.63) is 72.1 Å². The van der Waals surface area contributed by atoms with Gasteiger partial charge in [-0.25, -0.2) is 23.2 Å². The maximum atomic E-state index is 11.9. The standard InChI is InChI=1S/C22H19N5O4S/c1-13-6-3-4-9-17(13)18-10-14-12-23-22(26-20(14)25-19(18)21(28)29)24-15-7-5-8-16(11-15)27-32(2,30)31/h3-12,27H,1-2H3,(H,28,29)(H,23,24,25,26). The van der Waals surface area contributed by atoms with Gasteiger partial charge >= 0.3 is 5.97 Å². The monoisotopic (exact) mass is 449 g/mol. The zero-order valence-corrected chi connectivity index (χ0v) is 18.0. The first kappa shape index (κ1) is 21.2. The summed E-state index contributed by atoms with van der Waals surface area (Å²) >= 11 is 0. The number of nitrogens with zero attached hydrogens (tertiary/aromatic N) is 3. The quantitative estimate of drug-likeness (QED) is 0.404. The van der Waals surface area contributed by atoms with E-state index in [0.29, 0.717) is 22.3 Å². The predicted octanol–water partition coefficient (Wildman–Crippen LogP) is 3.81. The lowest BCUT2D eigenvalue weighted by atomic mass is 9.98. The van der Waals surface area contributed by atoms with Gasteiger partial charge in [-0.3, -0.25) is 4.72 Å². The summed E-state index contributed by atoms with van der Waals surface area (Å²) in [5, 5.41) is 13.3. The van der Waals surface area contributed by atoms with Crippen LogP contribution in [0.25, 0.3) is 22.2 Å². The molecule has 162 valence electrons. The molecule has 0 amide bonds. The Balaban J connectivity index is 1.72. The van der Waals surface area contributed by atoms with Crippen LogP contribution < -0.4 is 10.0 Å². The third-order valence-electron chi connectivity index (χ3n) is 4.63. The molecule has 0 aliphatic heterocycles. The van der Waals surface area contributed by atoms with Crippen LogP contribution in [0.3, 0.4) is 0 Å². The number of rotatable bonds is 6. The fraction of sp³-hybridized carbons (Fsp3) is 0.0909. The van der Waals surface area contributed by atoms with E-state index >= 15 is 0 Å². The fourth-order valence-corrected chi connectivity index (χ4v) is 3.83. The number of sulfonamides is 1. The molecule has 0 fully saturated rings. The molecular weight excluding hydrogens is 430 g/mol. The molecule has 2 aromatic carbocycles. The number of pyridine rings is 1. The third kappa shape index (κ3) is 4.65. The number of carboxylic acids is 1. The van der Waals surface area contributed by atoms with Crippen LogP contribution in [-0.2, 0) is 10.0 Å². The number of aromatic carboxylic acids is 1. The average Bonchev–Trinajstić information content (AvgIpc) is 2.72. The molecule has 0 spiro atoms. The highest BCUT2D eigenvalue weighted by atomic mass is 32.2. The van der Waals surface area contributed by atoms with E-state index in [1.807, 2.05) is 31.2 Å². The van der Waals surface area contributed by atoms with E-state index in [9.17, 15) is 18.3 Å². The molecule has 4 aromatic rings. The summed E-state index contributed by atoms with van der Waals surface area (Å²) in [4.78, 5) is 24.8. The summed E-state index contributed by atoms with van der Waals surface area (Å²) in [5.41, 5.74) is 3.25. The number of nitrogens with one attached hydrogen (secondary N) is 2. The zero-order chi connectivity index (χ0) is 22.9. The van der Waals surface area contributed by atoms with Crippen LogP contribution in [0.1, 0.15) is 16.1 Å². The first-order valence-electron chi connectivity index (χ1n) is 9.51. The van der Waals surface area contributed by atoms with Crippen molar-refractivity contribution in [3.63, 3.8) is 0 Å². The molecule has 2 heterocycles. The van der Waals surface area contributed by atoms with Crippen molar-refractivity contribution in [2.75, 3.05) is 16.3 Å². The van der Waals surface area contributed by atoms with Gasteiger partial charge in [0.25, 0.3) is 0 Å². The largest absolute Gasteiger partial charge is 0.476 e. The number of fused-ring (bicyclic) bond motifs is 1. The summed E-state index contributed by atoms with van der Waals surface area (Å²) in [6.07, 6.45) is 2.63. The number of anilines is 3. The Morgan fingerprint density at radius 2 is 1.72 bits per heavy atom. The van der Waals surface area contributed by atoms with Crippen LogP contribution >= 0.6 is 0 Å². The van der Waals surface area contributed by atoms with Crippen molar-refractivity contribution in [1.82, 2.24) is 15.0 Å².